The predicted molar refractivity (Wildman–Crippen MR) is 61.5 cm³/mol. The molecule has 6 nitrogen and oxygen atoms in total. The third-order valence-corrected chi connectivity index (χ3v) is 2.35. The third-order valence-electron chi connectivity index (χ3n) is 2.35. The van der Waals surface area contributed by atoms with Crippen LogP contribution in [0.15, 0.2) is 35.4 Å². The highest BCUT2D eigenvalue weighted by Crippen LogP contribution is 1.99. The van der Waals surface area contributed by atoms with Crippen molar-refractivity contribution in [3.05, 3.63) is 52.2 Å². The van der Waals surface area contributed by atoms with Crippen LogP contribution in [-0.4, -0.2) is 20.7 Å². The number of pyridine rings is 1. The topological polar surface area (TPSA) is 93.8 Å². The Hall–Kier alpha value is -2.21. The molecule has 2 heterocycles. The number of carbonyl (C=O) groups excluding carboxylic acids is 1. The van der Waals surface area contributed by atoms with Crippen LogP contribution in [0.25, 0.3) is 0 Å². The van der Waals surface area contributed by atoms with Crippen LogP contribution < -0.4 is 11.3 Å². The molecule has 0 aliphatic rings. The summed E-state index contributed by atoms with van der Waals surface area (Å²) in [4.78, 5) is 27.2. The van der Waals surface area contributed by atoms with Crippen LogP contribution in [0.3, 0.4) is 0 Å². The number of nitrogens with two attached hydrogens (primary N) is 1. The molecule has 3 N–H and O–H groups in total. The lowest BCUT2D eigenvalue weighted by atomic mass is 10.2. The van der Waals surface area contributed by atoms with Gasteiger partial charge in [0, 0.05) is 25.0 Å². The van der Waals surface area contributed by atoms with Gasteiger partial charge < -0.3 is 5.73 Å². The van der Waals surface area contributed by atoms with Crippen molar-refractivity contribution in [3.8, 4) is 0 Å². The Morgan fingerprint density at radius 3 is 2.71 bits per heavy atom. The van der Waals surface area contributed by atoms with Gasteiger partial charge in [0.15, 0.2) is 0 Å². The summed E-state index contributed by atoms with van der Waals surface area (Å²) in [6.45, 7) is 0.199. The van der Waals surface area contributed by atoms with E-state index in [1.807, 2.05) is 0 Å². The first-order valence-corrected chi connectivity index (χ1v) is 5.14. The molecule has 0 aromatic carbocycles. The molecular weight excluding hydrogens is 220 g/mol. The number of rotatable bonds is 3. The second-order valence-corrected chi connectivity index (χ2v) is 3.59. The Bertz CT molecular complexity index is 571. The second kappa shape index (κ2) is 4.75. The van der Waals surface area contributed by atoms with Crippen molar-refractivity contribution < 1.29 is 4.79 Å². The minimum atomic E-state index is -0.385. The van der Waals surface area contributed by atoms with Crippen LogP contribution >= 0.6 is 0 Å². The Morgan fingerprint density at radius 1 is 1.41 bits per heavy atom. The third kappa shape index (κ3) is 2.48. The molecule has 0 spiro atoms. The van der Waals surface area contributed by atoms with Gasteiger partial charge in [0.05, 0.1) is 12.1 Å². The molecule has 0 atom stereocenters. The number of carbonyl (C=O) groups is 1. The Balaban J connectivity index is 2.20. The standard InChI is InChI=1S/C11H12N4O2/c12-7-9-6-11(17)15(14-9)10(16)5-8-1-3-13-4-2-8/h1-4,6,14H,5,7,12H2. The largest absolute Gasteiger partial charge is 0.325 e. The minimum Gasteiger partial charge on any atom is -0.325 e. The van der Waals surface area contributed by atoms with E-state index in [4.69, 9.17) is 5.73 Å². The number of hydrogen-bond acceptors (Lipinski definition) is 4. The average molecular weight is 232 g/mol. The van der Waals surface area contributed by atoms with Crippen molar-refractivity contribution in [2.45, 2.75) is 13.0 Å². The fourth-order valence-electron chi connectivity index (χ4n) is 1.49. The zero-order valence-corrected chi connectivity index (χ0v) is 9.09. The van der Waals surface area contributed by atoms with Crippen LogP contribution in [0.2, 0.25) is 0 Å². The fourth-order valence-corrected chi connectivity index (χ4v) is 1.49. The van der Waals surface area contributed by atoms with Crippen LogP contribution in [-0.2, 0) is 13.0 Å². The first kappa shape index (κ1) is 11.3. The van der Waals surface area contributed by atoms with E-state index in [9.17, 15) is 9.59 Å². The van der Waals surface area contributed by atoms with Crippen molar-refractivity contribution in [1.82, 2.24) is 14.8 Å². The molecule has 6 heteroatoms. The lowest BCUT2D eigenvalue weighted by Crippen LogP contribution is -2.25. The van der Waals surface area contributed by atoms with Crippen LogP contribution in [0.4, 0.5) is 0 Å². The normalized spacial score (nSPS) is 10.4. The fraction of sp³-hybridized carbons (Fsp3) is 0.182. The van der Waals surface area contributed by atoms with Gasteiger partial charge in [-0.25, -0.2) is 0 Å². The van der Waals surface area contributed by atoms with E-state index in [1.165, 1.54) is 6.07 Å². The van der Waals surface area contributed by atoms with E-state index in [0.29, 0.717) is 5.69 Å². The van der Waals surface area contributed by atoms with Gasteiger partial charge in [-0.3, -0.25) is 19.7 Å². The van der Waals surface area contributed by atoms with E-state index in [2.05, 4.69) is 10.1 Å². The summed E-state index contributed by atoms with van der Waals surface area (Å²) in [7, 11) is 0. The number of H-pyrrole nitrogens is 1. The molecule has 2 aromatic heterocycles. The van der Waals surface area contributed by atoms with Crippen molar-refractivity contribution in [3.63, 3.8) is 0 Å². The number of aromatic nitrogens is 3. The zero-order valence-electron chi connectivity index (χ0n) is 9.09. The molecule has 0 saturated heterocycles. The van der Waals surface area contributed by atoms with E-state index >= 15 is 0 Å². The number of aromatic amines is 1. The monoisotopic (exact) mass is 232 g/mol. The van der Waals surface area contributed by atoms with Gasteiger partial charge in [-0.05, 0) is 17.7 Å². The summed E-state index contributed by atoms with van der Waals surface area (Å²) >= 11 is 0. The Kier molecular flexibility index (Phi) is 3.15. The average Bonchev–Trinajstić information content (AvgIpc) is 2.72. The van der Waals surface area contributed by atoms with Crippen LogP contribution in [0, 0.1) is 0 Å². The molecule has 0 aliphatic carbocycles. The molecule has 0 radical (unpaired) electrons. The predicted octanol–water partition coefficient (Wildman–Crippen LogP) is -0.0870. The number of nitrogens with zero attached hydrogens (tertiary/aromatic N) is 2. The summed E-state index contributed by atoms with van der Waals surface area (Å²) in [6, 6.07) is 4.79. The van der Waals surface area contributed by atoms with Gasteiger partial charge in [-0.1, -0.05) is 0 Å². The summed E-state index contributed by atoms with van der Waals surface area (Å²) in [5.41, 5.74) is 6.34. The Morgan fingerprint density at radius 2 is 2.12 bits per heavy atom. The smallest absolute Gasteiger partial charge is 0.273 e. The molecule has 0 bridgehead atoms. The molecule has 0 unspecified atom stereocenters. The highest BCUT2D eigenvalue weighted by atomic mass is 16.2. The lowest BCUT2D eigenvalue weighted by Gasteiger charge is -2.00. The molecular formula is C11H12N4O2. The lowest BCUT2D eigenvalue weighted by molar-refractivity contribution is 0.0894. The second-order valence-electron chi connectivity index (χ2n) is 3.59. The molecule has 0 aliphatic heterocycles. The van der Waals surface area contributed by atoms with Crippen molar-refractivity contribution >= 4 is 5.91 Å². The number of hydrogen-bond donors (Lipinski definition) is 2. The molecule has 0 saturated carbocycles. The minimum absolute atomic E-state index is 0.146. The molecule has 2 aromatic rings. The summed E-state index contributed by atoms with van der Waals surface area (Å²) < 4.78 is 0.975. The first-order valence-electron chi connectivity index (χ1n) is 5.14. The Labute approximate surface area is 97.1 Å². The molecule has 0 amide bonds. The van der Waals surface area contributed by atoms with Gasteiger partial charge in [0.2, 0.25) is 0 Å². The maximum absolute atomic E-state index is 11.8. The van der Waals surface area contributed by atoms with E-state index in [0.717, 1.165) is 10.2 Å². The highest BCUT2D eigenvalue weighted by Gasteiger charge is 2.10. The number of nitrogens with one attached hydrogen (secondary N) is 1. The molecule has 88 valence electrons. The quantitative estimate of drug-likeness (QED) is 0.773. The summed E-state index contributed by atoms with van der Waals surface area (Å²) in [6.07, 6.45) is 3.35. The van der Waals surface area contributed by atoms with Crippen molar-refractivity contribution in [2.75, 3.05) is 0 Å². The molecule has 2 rings (SSSR count). The first-order chi connectivity index (χ1) is 8.20. The van der Waals surface area contributed by atoms with Crippen LogP contribution in [0.5, 0.6) is 0 Å². The van der Waals surface area contributed by atoms with Gasteiger partial charge in [0.25, 0.3) is 11.5 Å². The van der Waals surface area contributed by atoms with Gasteiger partial charge in [-0.15, -0.1) is 0 Å². The van der Waals surface area contributed by atoms with Crippen molar-refractivity contribution in [1.29, 1.82) is 0 Å². The van der Waals surface area contributed by atoms with Gasteiger partial charge in [-0.2, -0.15) is 4.68 Å². The van der Waals surface area contributed by atoms with Crippen LogP contribution in [0.1, 0.15) is 16.1 Å². The van der Waals surface area contributed by atoms with E-state index in [-0.39, 0.29) is 24.4 Å². The van der Waals surface area contributed by atoms with E-state index in [1.54, 1.807) is 24.5 Å². The zero-order chi connectivity index (χ0) is 12.3. The van der Waals surface area contributed by atoms with E-state index < -0.39 is 0 Å². The van der Waals surface area contributed by atoms with Gasteiger partial charge >= 0.3 is 0 Å². The van der Waals surface area contributed by atoms with Gasteiger partial charge in [0.1, 0.15) is 0 Å². The molecule has 0 fully saturated rings. The highest BCUT2D eigenvalue weighted by molar-refractivity contribution is 5.80. The maximum Gasteiger partial charge on any atom is 0.273 e. The SMILES string of the molecule is NCc1cc(=O)n(C(=O)Cc2ccncc2)[nH]1. The summed E-state index contributed by atoms with van der Waals surface area (Å²) in [5.74, 6) is -0.319. The summed E-state index contributed by atoms with van der Waals surface area (Å²) in [5, 5.41) is 2.67. The van der Waals surface area contributed by atoms with Crippen molar-refractivity contribution in [2.24, 2.45) is 5.73 Å². The molecule has 17 heavy (non-hydrogen) atoms. The maximum atomic E-state index is 11.8.